The van der Waals surface area contributed by atoms with Gasteiger partial charge in [-0.05, 0) is 43.3 Å². The smallest absolute Gasteiger partial charge is 0.263 e. The van der Waals surface area contributed by atoms with Crippen molar-refractivity contribution in [1.82, 2.24) is 24.7 Å². The molecule has 3 heterocycles. The Morgan fingerprint density at radius 3 is 2.74 bits per heavy atom. The molecule has 132 valence electrons. The lowest BCUT2D eigenvalue weighted by molar-refractivity contribution is 0.895. The van der Waals surface area contributed by atoms with Crippen LogP contribution in [-0.2, 0) is 0 Å². The van der Waals surface area contributed by atoms with Crippen molar-refractivity contribution < 1.29 is 0 Å². The number of para-hydroxylation sites is 1. The van der Waals surface area contributed by atoms with Crippen molar-refractivity contribution in [3.05, 3.63) is 76.8 Å². The lowest BCUT2D eigenvalue weighted by Gasteiger charge is -2.07. The maximum atomic E-state index is 12.5. The number of aromatic amines is 2. The summed E-state index contributed by atoms with van der Waals surface area (Å²) in [4.78, 5) is 23.1. The second-order valence-electron chi connectivity index (χ2n) is 6.42. The molecule has 0 saturated heterocycles. The maximum absolute atomic E-state index is 12.5. The normalized spacial score (nSPS) is 11.3. The Kier molecular flexibility index (Phi) is 3.33. The van der Waals surface area contributed by atoms with Crippen LogP contribution in [-0.4, -0.2) is 24.7 Å². The highest BCUT2D eigenvalue weighted by Crippen LogP contribution is 2.22. The molecule has 3 N–H and O–H groups in total. The van der Waals surface area contributed by atoms with Crippen LogP contribution >= 0.6 is 0 Å². The summed E-state index contributed by atoms with van der Waals surface area (Å²) in [7, 11) is 0. The minimum absolute atomic E-state index is 0.233. The van der Waals surface area contributed by atoms with E-state index in [1.165, 1.54) is 6.20 Å². The van der Waals surface area contributed by atoms with Crippen molar-refractivity contribution in [3.63, 3.8) is 0 Å². The Labute approximate surface area is 153 Å². The Balaban J connectivity index is 1.59. The summed E-state index contributed by atoms with van der Waals surface area (Å²) in [6.45, 7) is 2.02. The van der Waals surface area contributed by atoms with E-state index >= 15 is 0 Å². The first kappa shape index (κ1) is 15.4. The van der Waals surface area contributed by atoms with Crippen LogP contribution in [0.3, 0.4) is 0 Å². The van der Waals surface area contributed by atoms with E-state index in [1.807, 2.05) is 55.5 Å². The van der Waals surface area contributed by atoms with Gasteiger partial charge in [-0.25, -0.2) is 4.68 Å². The lowest BCUT2D eigenvalue weighted by Crippen LogP contribution is -2.11. The van der Waals surface area contributed by atoms with E-state index in [-0.39, 0.29) is 5.56 Å². The number of benzene rings is 2. The van der Waals surface area contributed by atoms with Gasteiger partial charge in [-0.2, -0.15) is 10.1 Å². The number of aromatic nitrogens is 5. The first-order valence-corrected chi connectivity index (χ1v) is 8.57. The molecule has 0 aliphatic heterocycles. The zero-order valence-electron chi connectivity index (χ0n) is 14.5. The van der Waals surface area contributed by atoms with Crippen LogP contribution < -0.4 is 10.9 Å². The molecular weight excluding hydrogens is 340 g/mol. The molecule has 0 unspecified atom stereocenters. The van der Waals surface area contributed by atoms with E-state index in [0.717, 1.165) is 28.0 Å². The average molecular weight is 356 g/mol. The van der Waals surface area contributed by atoms with Gasteiger partial charge in [-0.1, -0.05) is 18.2 Å². The molecule has 0 aliphatic carbocycles. The molecular formula is C20H16N6O. The van der Waals surface area contributed by atoms with Gasteiger partial charge in [0, 0.05) is 22.3 Å². The fourth-order valence-electron chi connectivity index (χ4n) is 3.23. The van der Waals surface area contributed by atoms with Crippen molar-refractivity contribution in [2.45, 2.75) is 6.92 Å². The van der Waals surface area contributed by atoms with Crippen LogP contribution in [0.2, 0.25) is 0 Å². The number of aryl methyl sites for hydroxylation is 1. The van der Waals surface area contributed by atoms with Gasteiger partial charge >= 0.3 is 0 Å². The number of rotatable bonds is 3. The molecule has 0 spiro atoms. The van der Waals surface area contributed by atoms with Crippen LogP contribution in [0, 0.1) is 6.92 Å². The monoisotopic (exact) mass is 356 g/mol. The van der Waals surface area contributed by atoms with Crippen LogP contribution in [0.4, 0.5) is 11.6 Å². The number of hydrogen-bond acceptors (Lipinski definition) is 4. The highest BCUT2D eigenvalue weighted by molar-refractivity contribution is 5.85. The second-order valence-corrected chi connectivity index (χ2v) is 6.42. The molecule has 5 rings (SSSR count). The van der Waals surface area contributed by atoms with Gasteiger partial charge < -0.3 is 10.3 Å². The number of hydrogen-bond donors (Lipinski definition) is 3. The Hall–Kier alpha value is -3.87. The zero-order chi connectivity index (χ0) is 18.4. The Morgan fingerprint density at radius 2 is 1.89 bits per heavy atom. The summed E-state index contributed by atoms with van der Waals surface area (Å²) < 4.78 is 1.66. The van der Waals surface area contributed by atoms with Gasteiger partial charge in [0.1, 0.15) is 5.39 Å². The largest absolute Gasteiger partial charge is 0.359 e. The predicted molar refractivity (Wildman–Crippen MR) is 106 cm³/mol. The van der Waals surface area contributed by atoms with Crippen LogP contribution in [0.1, 0.15) is 5.69 Å². The van der Waals surface area contributed by atoms with Gasteiger partial charge in [0.15, 0.2) is 5.65 Å². The van der Waals surface area contributed by atoms with Gasteiger partial charge in [0.05, 0.1) is 11.9 Å². The number of H-pyrrole nitrogens is 2. The maximum Gasteiger partial charge on any atom is 0.263 e. The van der Waals surface area contributed by atoms with Gasteiger partial charge in [0.25, 0.3) is 5.56 Å². The van der Waals surface area contributed by atoms with E-state index < -0.39 is 0 Å². The minimum atomic E-state index is -0.233. The third-order valence-corrected chi connectivity index (χ3v) is 4.46. The highest BCUT2D eigenvalue weighted by Gasteiger charge is 2.11. The van der Waals surface area contributed by atoms with Crippen molar-refractivity contribution >= 4 is 33.6 Å². The summed E-state index contributed by atoms with van der Waals surface area (Å²) in [6, 6.07) is 17.6. The third-order valence-electron chi connectivity index (χ3n) is 4.46. The quantitative estimate of drug-likeness (QED) is 0.460. The highest BCUT2D eigenvalue weighted by atomic mass is 16.1. The molecule has 0 atom stereocenters. The van der Waals surface area contributed by atoms with Crippen molar-refractivity contribution in [3.8, 4) is 5.69 Å². The molecule has 0 amide bonds. The Bertz CT molecular complexity index is 1330. The number of nitrogens with zero attached hydrogens (tertiary/aromatic N) is 3. The second kappa shape index (κ2) is 5.84. The van der Waals surface area contributed by atoms with E-state index in [9.17, 15) is 4.79 Å². The standard InChI is InChI=1S/C20H16N6O/c1-12-9-13-10-14(7-8-17(13)22-12)23-20-24-18-16(19(27)25-20)11-21-26(18)15-5-3-2-4-6-15/h2-11,22H,1H3,(H2,23,24,25,27). The number of anilines is 2. The van der Waals surface area contributed by atoms with Crippen LogP contribution in [0.15, 0.2) is 65.6 Å². The SMILES string of the molecule is Cc1cc2cc(Nc3nc4c(cnn4-c4ccccc4)c(=O)[nH]3)ccc2[nH]1. The first-order chi connectivity index (χ1) is 13.2. The fraction of sp³-hybridized carbons (Fsp3) is 0.0500. The van der Waals surface area contributed by atoms with Gasteiger partial charge in [0.2, 0.25) is 5.95 Å². The summed E-state index contributed by atoms with van der Waals surface area (Å²) >= 11 is 0. The molecule has 5 aromatic rings. The molecule has 0 fully saturated rings. The van der Waals surface area contributed by atoms with E-state index in [1.54, 1.807) is 4.68 Å². The van der Waals surface area contributed by atoms with Gasteiger partial charge in [-0.15, -0.1) is 0 Å². The van der Waals surface area contributed by atoms with E-state index in [2.05, 4.69) is 31.4 Å². The molecule has 0 aliphatic rings. The summed E-state index contributed by atoms with van der Waals surface area (Å²) in [5.74, 6) is 0.372. The first-order valence-electron chi connectivity index (χ1n) is 8.57. The fourth-order valence-corrected chi connectivity index (χ4v) is 3.23. The topological polar surface area (TPSA) is 91.4 Å². The lowest BCUT2D eigenvalue weighted by atomic mass is 10.2. The summed E-state index contributed by atoms with van der Waals surface area (Å²) in [5.41, 5.74) is 4.13. The molecule has 0 bridgehead atoms. The molecule has 3 aromatic heterocycles. The summed E-state index contributed by atoms with van der Waals surface area (Å²) in [6.07, 6.45) is 1.53. The molecule has 2 aromatic carbocycles. The minimum Gasteiger partial charge on any atom is -0.359 e. The Morgan fingerprint density at radius 1 is 1.04 bits per heavy atom. The van der Waals surface area contributed by atoms with Crippen molar-refractivity contribution in [2.75, 3.05) is 5.32 Å². The number of nitrogens with one attached hydrogen (secondary N) is 3. The third kappa shape index (κ3) is 2.65. The van der Waals surface area contributed by atoms with Crippen molar-refractivity contribution in [1.29, 1.82) is 0 Å². The molecule has 0 saturated carbocycles. The zero-order valence-corrected chi connectivity index (χ0v) is 14.5. The molecule has 7 heteroatoms. The average Bonchev–Trinajstić information content (AvgIpc) is 3.25. The van der Waals surface area contributed by atoms with Gasteiger partial charge in [-0.3, -0.25) is 9.78 Å². The van der Waals surface area contributed by atoms with Crippen molar-refractivity contribution in [2.24, 2.45) is 0 Å². The van der Waals surface area contributed by atoms with Crippen LogP contribution in [0.25, 0.3) is 27.6 Å². The molecule has 7 nitrogen and oxygen atoms in total. The van der Waals surface area contributed by atoms with E-state index in [4.69, 9.17) is 0 Å². The van der Waals surface area contributed by atoms with Crippen LogP contribution in [0.5, 0.6) is 0 Å². The summed E-state index contributed by atoms with van der Waals surface area (Å²) in [5, 5.41) is 9.04. The van der Waals surface area contributed by atoms with E-state index in [0.29, 0.717) is 17.0 Å². The predicted octanol–water partition coefficient (Wildman–Crippen LogP) is 3.64. The molecule has 27 heavy (non-hydrogen) atoms. The molecule has 0 radical (unpaired) electrons. The number of fused-ring (bicyclic) bond motifs is 2.